The Hall–Kier alpha value is -0.870. The van der Waals surface area contributed by atoms with Crippen LogP contribution in [0.25, 0.3) is 0 Å². The summed E-state index contributed by atoms with van der Waals surface area (Å²) in [4.78, 5) is 12.1. The van der Waals surface area contributed by atoms with E-state index in [1.165, 1.54) is 180 Å². The molecule has 0 heterocycles. The molecule has 0 aliphatic heterocycles. The Balaban J connectivity index is 3.34. The SMILES string of the molecule is CCCC/C=C\CCCCCCCC(=O)OC(CO)COCCCCCCCCCCCCCCCCCCCCCCCC. The highest BCUT2D eigenvalue weighted by Crippen LogP contribution is 2.15. The van der Waals surface area contributed by atoms with Gasteiger partial charge in [0.1, 0.15) is 6.10 Å². The van der Waals surface area contributed by atoms with Gasteiger partial charge < -0.3 is 14.6 Å². The summed E-state index contributed by atoms with van der Waals surface area (Å²) >= 11 is 0. The quantitative estimate of drug-likeness (QED) is 0.0416. The van der Waals surface area contributed by atoms with Gasteiger partial charge in [0.05, 0.1) is 13.2 Å². The molecule has 0 aliphatic rings. The van der Waals surface area contributed by atoms with Crippen LogP contribution in [0, 0.1) is 0 Å². The van der Waals surface area contributed by atoms with Crippen molar-refractivity contribution in [1.82, 2.24) is 0 Å². The van der Waals surface area contributed by atoms with Crippen molar-refractivity contribution in [2.75, 3.05) is 19.8 Å². The third kappa shape index (κ3) is 37.5. The molecule has 0 saturated carbocycles. The summed E-state index contributed by atoms with van der Waals surface area (Å²) < 4.78 is 11.1. The summed E-state index contributed by atoms with van der Waals surface area (Å²) in [7, 11) is 0. The van der Waals surface area contributed by atoms with Gasteiger partial charge in [0.25, 0.3) is 0 Å². The van der Waals surface area contributed by atoms with Crippen LogP contribution in [0.4, 0.5) is 0 Å². The number of aliphatic hydroxyl groups is 1. The largest absolute Gasteiger partial charge is 0.457 e. The molecule has 0 spiro atoms. The molecule has 268 valence electrons. The van der Waals surface area contributed by atoms with Gasteiger partial charge in [0, 0.05) is 13.0 Å². The first kappa shape index (κ1) is 44.1. The number of unbranched alkanes of at least 4 members (excludes halogenated alkanes) is 28. The lowest BCUT2D eigenvalue weighted by Crippen LogP contribution is -2.27. The standard InChI is InChI=1S/C41H80O4/c1-3-5-7-9-11-13-15-16-17-18-19-20-21-22-23-24-25-27-29-31-33-35-37-44-39-40(38-42)45-41(43)36-34-32-30-28-26-14-12-10-8-6-4-2/h10,12,40,42H,3-9,11,13-39H2,1-2H3/b12-10-. The lowest BCUT2D eigenvalue weighted by atomic mass is 10.0. The van der Waals surface area contributed by atoms with Gasteiger partial charge in [-0.2, -0.15) is 0 Å². The molecule has 1 unspecified atom stereocenters. The number of aliphatic hydroxyl groups excluding tert-OH is 1. The van der Waals surface area contributed by atoms with E-state index >= 15 is 0 Å². The fraction of sp³-hybridized carbons (Fsp3) is 0.927. The minimum absolute atomic E-state index is 0.170. The van der Waals surface area contributed by atoms with E-state index in [2.05, 4.69) is 26.0 Å². The van der Waals surface area contributed by atoms with Gasteiger partial charge >= 0.3 is 5.97 Å². The number of allylic oxidation sites excluding steroid dienone is 2. The smallest absolute Gasteiger partial charge is 0.306 e. The molecule has 0 rings (SSSR count). The maximum atomic E-state index is 12.1. The fourth-order valence-corrected chi connectivity index (χ4v) is 6.02. The lowest BCUT2D eigenvalue weighted by molar-refractivity contribution is -0.154. The third-order valence-electron chi connectivity index (χ3n) is 9.09. The molecule has 0 radical (unpaired) electrons. The van der Waals surface area contributed by atoms with E-state index in [0.29, 0.717) is 19.6 Å². The average Bonchev–Trinajstić information content (AvgIpc) is 3.05. The van der Waals surface area contributed by atoms with Gasteiger partial charge in [-0.1, -0.05) is 193 Å². The van der Waals surface area contributed by atoms with Crippen molar-refractivity contribution in [3.8, 4) is 0 Å². The number of ether oxygens (including phenoxy) is 2. The lowest BCUT2D eigenvalue weighted by Gasteiger charge is -2.15. The first-order chi connectivity index (χ1) is 22.2. The van der Waals surface area contributed by atoms with Crippen LogP contribution < -0.4 is 0 Å². The number of hydrogen-bond donors (Lipinski definition) is 1. The van der Waals surface area contributed by atoms with Crippen LogP contribution in [0.15, 0.2) is 12.2 Å². The number of esters is 1. The van der Waals surface area contributed by atoms with Crippen molar-refractivity contribution in [3.63, 3.8) is 0 Å². The zero-order chi connectivity index (χ0) is 32.7. The molecule has 0 saturated heterocycles. The van der Waals surface area contributed by atoms with Crippen LogP contribution in [0.3, 0.4) is 0 Å². The summed E-state index contributed by atoms with van der Waals surface area (Å²) in [6.07, 6.45) is 45.6. The zero-order valence-electron chi connectivity index (χ0n) is 30.7. The molecule has 1 atom stereocenters. The molecule has 1 N–H and O–H groups in total. The fourth-order valence-electron chi connectivity index (χ4n) is 6.02. The van der Waals surface area contributed by atoms with Gasteiger partial charge in [0.15, 0.2) is 0 Å². The van der Waals surface area contributed by atoms with Crippen LogP contribution in [0.1, 0.15) is 219 Å². The topological polar surface area (TPSA) is 55.8 Å². The van der Waals surface area contributed by atoms with Crippen molar-refractivity contribution >= 4 is 5.97 Å². The van der Waals surface area contributed by atoms with E-state index in [-0.39, 0.29) is 12.6 Å². The maximum absolute atomic E-state index is 12.1. The Bertz CT molecular complexity index is 590. The molecule has 0 aromatic heterocycles. The van der Waals surface area contributed by atoms with Crippen molar-refractivity contribution in [2.45, 2.75) is 225 Å². The molecule has 45 heavy (non-hydrogen) atoms. The summed E-state index contributed by atoms with van der Waals surface area (Å²) in [5, 5.41) is 9.56. The molecule has 0 amide bonds. The number of rotatable bonds is 38. The van der Waals surface area contributed by atoms with Crippen LogP contribution in [0.2, 0.25) is 0 Å². The minimum atomic E-state index is -0.531. The van der Waals surface area contributed by atoms with E-state index in [1.807, 2.05) is 0 Å². The Kier molecular flexibility index (Phi) is 38.5. The molecule has 0 aliphatic carbocycles. The summed E-state index contributed by atoms with van der Waals surface area (Å²) in [6, 6.07) is 0. The highest BCUT2D eigenvalue weighted by Gasteiger charge is 2.13. The van der Waals surface area contributed by atoms with Crippen molar-refractivity contribution < 1.29 is 19.4 Å². The van der Waals surface area contributed by atoms with E-state index in [4.69, 9.17) is 9.47 Å². The van der Waals surface area contributed by atoms with Crippen LogP contribution in [-0.2, 0) is 14.3 Å². The van der Waals surface area contributed by atoms with E-state index in [9.17, 15) is 9.90 Å². The first-order valence-electron chi connectivity index (χ1n) is 20.3. The molecule has 0 fully saturated rings. The number of hydrogen-bond acceptors (Lipinski definition) is 4. The minimum Gasteiger partial charge on any atom is -0.457 e. The van der Waals surface area contributed by atoms with E-state index < -0.39 is 6.10 Å². The summed E-state index contributed by atoms with van der Waals surface area (Å²) in [5.41, 5.74) is 0. The van der Waals surface area contributed by atoms with E-state index in [0.717, 1.165) is 19.3 Å². The molecular formula is C41H80O4. The number of carbonyl (C=O) groups is 1. The average molecular weight is 637 g/mol. The Morgan fingerprint density at radius 1 is 0.511 bits per heavy atom. The number of carbonyl (C=O) groups excluding carboxylic acids is 1. The molecule has 0 aromatic rings. The normalized spacial score (nSPS) is 12.3. The van der Waals surface area contributed by atoms with Gasteiger partial charge in [-0.3, -0.25) is 4.79 Å². The van der Waals surface area contributed by atoms with Gasteiger partial charge in [-0.15, -0.1) is 0 Å². The zero-order valence-corrected chi connectivity index (χ0v) is 30.7. The van der Waals surface area contributed by atoms with Gasteiger partial charge in [-0.25, -0.2) is 0 Å². The third-order valence-corrected chi connectivity index (χ3v) is 9.09. The second-order valence-corrected chi connectivity index (χ2v) is 13.7. The van der Waals surface area contributed by atoms with Gasteiger partial charge in [-0.05, 0) is 32.1 Å². The Morgan fingerprint density at radius 2 is 0.889 bits per heavy atom. The highest BCUT2D eigenvalue weighted by molar-refractivity contribution is 5.69. The van der Waals surface area contributed by atoms with Crippen molar-refractivity contribution in [1.29, 1.82) is 0 Å². The predicted octanol–water partition coefficient (Wildman–Crippen LogP) is 13.0. The second kappa shape index (κ2) is 39.3. The van der Waals surface area contributed by atoms with Crippen LogP contribution in [-0.4, -0.2) is 37.0 Å². The second-order valence-electron chi connectivity index (χ2n) is 13.7. The molecular weight excluding hydrogens is 556 g/mol. The molecule has 0 bridgehead atoms. The van der Waals surface area contributed by atoms with Crippen LogP contribution in [0.5, 0.6) is 0 Å². The van der Waals surface area contributed by atoms with Gasteiger partial charge in [0.2, 0.25) is 0 Å². The Labute approximate surface area is 282 Å². The molecule has 4 heteroatoms. The van der Waals surface area contributed by atoms with Crippen molar-refractivity contribution in [2.24, 2.45) is 0 Å². The molecule has 0 aromatic carbocycles. The summed E-state index contributed by atoms with van der Waals surface area (Å²) in [6.45, 7) is 5.33. The van der Waals surface area contributed by atoms with E-state index in [1.54, 1.807) is 0 Å². The monoisotopic (exact) mass is 637 g/mol. The summed E-state index contributed by atoms with van der Waals surface area (Å²) in [5.74, 6) is -0.208. The first-order valence-corrected chi connectivity index (χ1v) is 20.3. The van der Waals surface area contributed by atoms with Crippen molar-refractivity contribution in [3.05, 3.63) is 12.2 Å². The maximum Gasteiger partial charge on any atom is 0.306 e. The predicted molar refractivity (Wildman–Crippen MR) is 196 cm³/mol. The molecule has 4 nitrogen and oxygen atoms in total. The van der Waals surface area contributed by atoms with Crippen LogP contribution >= 0.6 is 0 Å². The Morgan fingerprint density at radius 3 is 1.33 bits per heavy atom. The highest BCUT2D eigenvalue weighted by atomic mass is 16.6.